The Kier molecular flexibility index (Phi) is 3.13. The van der Waals surface area contributed by atoms with Crippen molar-refractivity contribution in [3.05, 3.63) is 30.1 Å². The summed E-state index contributed by atoms with van der Waals surface area (Å²) < 4.78 is 2.13. The van der Waals surface area contributed by atoms with Crippen LogP contribution in [0.15, 0.2) is 24.3 Å². The van der Waals surface area contributed by atoms with Gasteiger partial charge in [-0.05, 0) is 26.0 Å². The molecule has 1 aromatic heterocycles. The first-order valence-corrected chi connectivity index (χ1v) is 5.85. The van der Waals surface area contributed by atoms with Crippen LogP contribution in [0, 0.1) is 0 Å². The summed E-state index contributed by atoms with van der Waals surface area (Å²) in [5.74, 6) is 0.871. The summed E-state index contributed by atoms with van der Waals surface area (Å²) in [5, 5.41) is 2.87. The predicted octanol–water partition coefficient (Wildman–Crippen LogP) is 2.25. The van der Waals surface area contributed by atoms with Crippen molar-refractivity contribution in [3.8, 4) is 0 Å². The number of imidazole rings is 1. The van der Waals surface area contributed by atoms with E-state index >= 15 is 0 Å². The Labute approximate surface area is 101 Å². The number of aromatic nitrogens is 2. The minimum absolute atomic E-state index is 0.0350. The topological polar surface area (TPSA) is 46.9 Å². The third-order valence-corrected chi connectivity index (χ3v) is 2.81. The van der Waals surface area contributed by atoms with E-state index in [1.807, 2.05) is 25.1 Å². The third-order valence-electron chi connectivity index (χ3n) is 2.81. The summed E-state index contributed by atoms with van der Waals surface area (Å²) in [4.78, 5) is 15.7. The van der Waals surface area contributed by atoms with Crippen molar-refractivity contribution in [1.82, 2.24) is 14.9 Å². The van der Waals surface area contributed by atoms with Gasteiger partial charge >= 0.3 is 0 Å². The molecule has 1 heterocycles. The minimum Gasteiger partial charge on any atom is -0.347 e. The maximum absolute atomic E-state index is 11.1. The molecule has 0 fully saturated rings. The third kappa shape index (κ3) is 2.16. The van der Waals surface area contributed by atoms with E-state index in [4.69, 9.17) is 0 Å². The van der Waals surface area contributed by atoms with Gasteiger partial charge in [0.1, 0.15) is 5.82 Å². The van der Waals surface area contributed by atoms with Crippen molar-refractivity contribution >= 4 is 16.9 Å². The number of carbonyl (C=O) groups is 1. The molecular formula is C13H17N3O. The first-order valence-electron chi connectivity index (χ1n) is 5.85. The van der Waals surface area contributed by atoms with E-state index in [2.05, 4.69) is 27.9 Å². The largest absolute Gasteiger partial charge is 0.347 e. The molecule has 1 N–H and O–H groups in total. The van der Waals surface area contributed by atoms with Gasteiger partial charge < -0.3 is 9.88 Å². The Bertz CT molecular complexity index is 545. The number of hydrogen-bond donors (Lipinski definition) is 1. The van der Waals surface area contributed by atoms with Gasteiger partial charge in [-0.1, -0.05) is 12.1 Å². The smallest absolute Gasteiger partial charge is 0.217 e. The van der Waals surface area contributed by atoms with Crippen molar-refractivity contribution in [2.45, 2.75) is 33.4 Å². The van der Waals surface area contributed by atoms with E-state index in [-0.39, 0.29) is 11.9 Å². The summed E-state index contributed by atoms with van der Waals surface area (Å²) in [6.07, 6.45) is 0. The van der Waals surface area contributed by atoms with Crippen LogP contribution in [0.2, 0.25) is 0 Å². The van der Waals surface area contributed by atoms with Gasteiger partial charge in [-0.15, -0.1) is 0 Å². The van der Waals surface area contributed by atoms with Crippen LogP contribution in [-0.2, 0) is 11.3 Å². The zero-order valence-corrected chi connectivity index (χ0v) is 10.4. The van der Waals surface area contributed by atoms with Crippen molar-refractivity contribution in [2.75, 3.05) is 0 Å². The first kappa shape index (κ1) is 11.6. The predicted molar refractivity (Wildman–Crippen MR) is 67.6 cm³/mol. The Morgan fingerprint density at radius 2 is 2.18 bits per heavy atom. The maximum Gasteiger partial charge on any atom is 0.217 e. The molecule has 0 saturated heterocycles. The molecule has 1 atom stereocenters. The second-order valence-electron chi connectivity index (χ2n) is 4.13. The van der Waals surface area contributed by atoms with Crippen LogP contribution in [0.4, 0.5) is 0 Å². The second-order valence-corrected chi connectivity index (χ2v) is 4.13. The molecule has 2 rings (SSSR count). The Morgan fingerprint density at radius 3 is 2.82 bits per heavy atom. The van der Waals surface area contributed by atoms with Crippen LogP contribution in [0.3, 0.4) is 0 Å². The molecule has 1 amide bonds. The first-order chi connectivity index (χ1) is 8.13. The molecule has 0 aliphatic rings. The highest BCUT2D eigenvalue weighted by Gasteiger charge is 2.15. The lowest BCUT2D eigenvalue weighted by Crippen LogP contribution is -2.26. The molecule has 0 saturated carbocycles. The van der Waals surface area contributed by atoms with Crippen LogP contribution in [0.1, 0.15) is 32.6 Å². The van der Waals surface area contributed by atoms with Crippen molar-refractivity contribution in [2.24, 2.45) is 0 Å². The zero-order chi connectivity index (χ0) is 12.4. The number of amides is 1. The van der Waals surface area contributed by atoms with Gasteiger partial charge in [0.15, 0.2) is 0 Å². The maximum atomic E-state index is 11.1. The van der Waals surface area contributed by atoms with Crippen LogP contribution in [0.25, 0.3) is 11.0 Å². The van der Waals surface area contributed by atoms with Crippen molar-refractivity contribution < 1.29 is 4.79 Å². The molecule has 0 bridgehead atoms. The molecule has 4 heteroatoms. The van der Waals surface area contributed by atoms with Crippen LogP contribution < -0.4 is 5.32 Å². The van der Waals surface area contributed by atoms with Crippen LogP contribution >= 0.6 is 0 Å². The van der Waals surface area contributed by atoms with E-state index < -0.39 is 0 Å². The average Bonchev–Trinajstić information content (AvgIpc) is 2.66. The van der Waals surface area contributed by atoms with Crippen LogP contribution in [-0.4, -0.2) is 15.5 Å². The lowest BCUT2D eigenvalue weighted by molar-refractivity contribution is -0.119. The lowest BCUT2D eigenvalue weighted by Gasteiger charge is -2.13. The number of rotatable bonds is 3. The highest BCUT2D eigenvalue weighted by molar-refractivity contribution is 5.77. The monoisotopic (exact) mass is 231 g/mol. The Hall–Kier alpha value is -1.84. The van der Waals surface area contributed by atoms with Gasteiger partial charge in [0.25, 0.3) is 0 Å². The number of fused-ring (bicyclic) bond motifs is 1. The molecule has 4 nitrogen and oxygen atoms in total. The standard InChI is InChI=1S/C13H17N3O/c1-4-16-12-8-6-5-7-11(12)15-13(16)9(2)14-10(3)17/h5-9H,4H2,1-3H3,(H,14,17)/t9-/m1/s1. The number of carbonyl (C=O) groups excluding carboxylic acids is 1. The van der Waals surface area contributed by atoms with E-state index in [0.717, 1.165) is 23.4 Å². The number of nitrogens with zero attached hydrogens (tertiary/aromatic N) is 2. The lowest BCUT2D eigenvalue weighted by atomic mass is 10.3. The fraction of sp³-hybridized carbons (Fsp3) is 0.385. The molecular weight excluding hydrogens is 214 g/mol. The molecule has 17 heavy (non-hydrogen) atoms. The summed E-state index contributed by atoms with van der Waals surface area (Å²) in [6, 6.07) is 7.95. The molecule has 1 aromatic carbocycles. The van der Waals surface area contributed by atoms with E-state index in [9.17, 15) is 4.79 Å². The number of aryl methyl sites for hydroxylation is 1. The van der Waals surface area contributed by atoms with E-state index in [1.54, 1.807) is 0 Å². The van der Waals surface area contributed by atoms with Gasteiger partial charge in [0.05, 0.1) is 17.1 Å². The van der Waals surface area contributed by atoms with E-state index in [1.165, 1.54) is 6.92 Å². The summed E-state index contributed by atoms with van der Waals surface area (Å²) in [7, 11) is 0. The van der Waals surface area contributed by atoms with Crippen molar-refractivity contribution in [3.63, 3.8) is 0 Å². The van der Waals surface area contributed by atoms with Crippen molar-refractivity contribution in [1.29, 1.82) is 0 Å². The molecule has 0 spiro atoms. The minimum atomic E-state index is -0.0696. The Balaban J connectivity index is 2.49. The normalized spacial score (nSPS) is 12.6. The fourth-order valence-corrected chi connectivity index (χ4v) is 2.13. The van der Waals surface area contributed by atoms with Gasteiger partial charge in [0.2, 0.25) is 5.91 Å². The SMILES string of the molecule is CCn1c([C@@H](C)NC(C)=O)nc2ccccc21. The quantitative estimate of drug-likeness (QED) is 0.880. The number of para-hydroxylation sites is 2. The number of nitrogens with one attached hydrogen (secondary N) is 1. The molecule has 0 aliphatic heterocycles. The summed E-state index contributed by atoms with van der Waals surface area (Å²) in [5.41, 5.74) is 2.09. The fourth-order valence-electron chi connectivity index (χ4n) is 2.13. The molecule has 2 aromatic rings. The zero-order valence-electron chi connectivity index (χ0n) is 10.4. The highest BCUT2D eigenvalue weighted by Crippen LogP contribution is 2.20. The van der Waals surface area contributed by atoms with Gasteiger partial charge in [-0.25, -0.2) is 4.98 Å². The Morgan fingerprint density at radius 1 is 1.47 bits per heavy atom. The van der Waals surface area contributed by atoms with Gasteiger partial charge in [-0.2, -0.15) is 0 Å². The molecule has 0 radical (unpaired) electrons. The van der Waals surface area contributed by atoms with E-state index in [0.29, 0.717) is 0 Å². The number of hydrogen-bond acceptors (Lipinski definition) is 2. The van der Waals surface area contributed by atoms with Gasteiger partial charge in [0, 0.05) is 13.5 Å². The molecule has 0 unspecified atom stereocenters. The van der Waals surface area contributed by atoms with Crippen LogP contribution in [0.5, 0.6) is 0 Å². The second kappa shape index (κ2) is 4.57. The molecule has 90 valence electrons. The van der Waals surface area contributed by atoms with Gasteiger partial charge in [-0.3, -0.25) is 4.79 Å². The summed E-state index contributed by atoms with van der Waals surface area (Å²) >= 11 is 0. The highest BCUT2D eigenvalue weighted by atomic mass is 16.1. The average molecular weight is 231 g/mol. The number of benzene rings is 1. The summed E-state index contributed by atoms with van der Waals surface area (Å²) in [6.45, 7) is 6.40. The molecule has 0 aliphatic carbocycles.